The SMILES string of the molecule is CCCCCCCCCCCCCN(CC)CCCN(C)CCCN(CCCCCCCCCCCCC)CCCCCC(=O)Nc1nc2ccccc2c2sc(CCC)nc12. The molecule has 8 heteroatoms. The molecule has 2 heterocycles. The molecular weight excluding hydrogens is 781 g/mol. The van der Waals surface area contributed by atoms with Crippen LogP contribution in [-0.4, -0.2) is 90.0 Å². The molecule has 0 fully saturated rings. The summed E-state index contributed by atoms with van der Waals surface area (Å²) in [6, 6.07) is 8.22. The first-order chi connectivity index (χ1) is 30.5. The van der Waals surface area contributed by atoms with E-state index < -0.39 is 0 Å². The van der Waals surface area contributed by atoms with Gasteiger partial charge in [-0.3, -0.25) is 4.79 Å². The number of aromatic nitrogens is 2. The molecule has 0 aliphatic heterocycles. The van der Waals surface area contributed by atoms with Gasteiger partial charge in [0.1, 0.15) is 5.52 Å². The minimum absolute atomic E-state index is 0.0520. The monoisotopic (exact) mass is 877 g/mol. The van der Waals surface area contributed by atoms with Crippen molar-refractivity contribution in [2.45, 2.75) is 220 Å². The summed E-state index contributed by atoms with van der Waals surface area (Å²) in [7, 11) is 2.33. The van der Waals surface area contributed by atoms with Crippen LogP contribution in [0.15, 0.2) is 24.3 Å². The van der Waals surface area contributed by atoms with Crippen molar-refractivity contribution in [3.63, 3.8) is 0 Å². The van der Waals surface area contributed by atoms with Gasteiger partial charge >= 0.3 is 0 Å². The van der Waals surface area contributed by atoms with Crippen LogP contribution in [0.1, 0.15) is 219 Å². The number of hydrogen-bond acceptors (Lipinski definition) is 7. The molecule has 1 aromatic carbocycles. The van der Waals surface area contributed by atoms with Crippen molar-refractivity contribution >= 4 is 44.2 Å². The number of benzene rings is 1. The fourth-order valence-corrected chi connectivity index (χ4v) is 10.2. The summed E-state index contributed by atoms with van der Waals surface area (Å²) in [6.07, 6.45) is 39.1. The Balaban J connectivity index is 1.34. The first kappa shape index (κ1) is 54.2. The van der Waals surface area contributed by atoms with E-state index in [0.717, 1.165) is 64.8 Å². The Hall–Kier alpha value is -2.13. The molecule has 1 amide bonds. The predicted octanol–water partition coefficient (Wildman–Crippen LogP) is 15.3. The van der Waals surface area contributed by atoms with E-state index in [1.54, 1.807) is 11.3 Å². The number of unbranched alkanes of at least 4 members (excludes halogenated alkanes) is 22. The predicted molar refractivity (Wildman–Crippen MR) is 274 cm³/mol. The molecule has 62 heavy (non-hydrogen) atoms. The minimum atomic E-state index is 0.0520. The van der Waals surface area contributed by atoms with E-state index in [4.69, 9.17) is 9.97 Å². The zero-order valence-corrected chi connectivity index (χ0v) is 42.0. The molecule has 2 aromatic heterocycles. The number of anilines is 1. The number of thiazole rings is 1. The van der Waals surface area contributed by atoms with Gasteiger partial charge in [0, 0.05) is 11.8 Å². The van der Waals surface area contributed by atoms with Crippen LogP contribution in [0.3, 0.4) is 0 Å². The molecule has 0 radical (unpaired) electrons. The van der Waals surface area contributed by atoms with E-state index in [1.165, 1.54) is 200 Å². The maximum atomic E-state index is 13.2. The molecule has 0 aliphatic carbocycles. The van der Waals surface area contributed by atoms with Crippen LogP contribution in [0, 0.1) is 0 Å². The summed E-state index contributed by atoms with van der Waals surface area (Å²) in [5.74, 6) is 0.670. The number of rotatable bonds is 42. The molecule has 1 N–H and O–H groups in total. The summed E-state index contributed by atoms with van der Waals surface area (Å²) in [4.78, 5) is 31.0. The zero-order chi connectivity index (χ0) is 44.3. The van der Waals surface area contributed by atoms with Crippen molar-refractivity contribution in [3.8, 4) is 0 Å². The second-order valence-electron chi connectivity index (χ2n) is 18.7. The number of aryl methyl sites for hydroxylation is 1. The number of hydrogen-bond donors (Lipinski definition) is 1. The molecule has 0 aliphatic rings. The Kier molecular flexibility index (Phi) is 31.6. The second-order valence-corrected chi connectivity index (χ2v) is 19.8. The Labute approximate surface area is 386 Å². The lowest BCUT2D eigenvalue weighted by Gasteiger charge is -2.25. The van der Waals surface area contributed by atoms with Gasteiger partial charge in [-0.25, -0.2) is 9.97 Å². The average molecular weight is 877 g/mol. The Morgan fingerprint density at radius 3 is 1.53 bits per heavy atom. The number of para-hydroxylation sites is 1. The number of carbonyl (C=O) groups excluding carboxylic acids is 1. The highest BCUT2D eigenvalue weighted by molar-refractivity contribution is 7.19. The van der Waals surface area contributed by atoms with Crippen LogP contribution in [-0.2, 0) is 11.2 Å². The summed E-state index contributed by atoms with van der Waals surface area (Å²) in [6.45, 7) is 18.7. The smallest absolute Gasteiger partial charge is 0.225 e. The van der Waals surface area contributed by atoms with Crippen molar-refractivity contribution < 1.29 is 4.79 Å². The maximum absolute atomic E-state index is 13.2. The van der Waals surface area contributed by atoms with Gasteiger partial charge in [0.25, 0.3) is 0 Å². The highest BCUT2D eigenvalue weighted by atomic mass is 32.1. The molecule has 0 saturated heterocycles. The molecule has 0 saturated carbocycles. The van der Waals surface area contributed by atoms with Gasteiger partial charge in [-0.2, -0.15) is 0 Å². The Morgan fingerprint density at radius 2 is 1.00 bits per heavy atom. The first-order valence-electron chi connectivity index (χ1n) is 26.6. The molecule has 354 valence electrons. The summed E-state index contributed by atoms with van der Waals surface area (Å²) in [5, 5.41) is 5.39. The third-order valence-electron chi connectivity index (χ3n) is 13.0. The quantitative estimate of drug-likeness (QED) is 0.0572. The fourth-order valence-electron chi connectivity index (χ4n) is 9.05. The lowest BCUT2D eigenvalue weighted by Crippen LogP contribution is -2.32. The van der Waals surface area contributed by atoms with Crippen molar-refractivity contribution in [3.05, 3.63) is 29.3 Å². The Morgan fingerprint density at radius 1 is 0.532 bits per heavy atom. The van der Waals surface area contributed by atoms with Crippen LogP contribution in [0.25, 0.3) is 21.1 Å². The summed E-state index contributed by atoms with van der Waals surface area (Å²) < 4.78 is 1.13. The van der Waals surface area contributed by atoms with Gasteiger partial charge in [0.15, 0.2) is 5.82 Å². The highest BCUT2D eigenvalue weighted by Crippen LogP contribution is 2.34. The number of nitrogens with zero attached hydrogens (tertiary/aromatic N) is 5. The van der Waals surface area contributed by atoms with E-state index >= 15 is 0 Å². The summed E-state index contributed by atoms with van der Waals surface area (Å²) in [5.41, 5.74) is 1.76. The first-order valence-corrected chi connectivity index (χ1v) is 27.4. The molecule has 3 rings (SSSR count). The van der Waals surface area contributed by atoms with Gasteiger partial charge in [-0.1, -0.05) is 181 Å². The molecule has 0 unspecified atom stereocenters. The topological polar surface area (TPSA) is 64.6 Å². The molecule has 0 spiro atoms. The number of nitrogens with one attached hydrogen (secondary N) is 1. The number of amides is 1. The highest BCUT2D eigenvalue weighted by Gasteiger charge is 2.16. The minimum Gasteiger partial charge on any atom is -0.309 e. The number of carbonyl (C=O) groups is 1. The van der Waals surface area contributed by atoms with Gasteiger partial charge < -0.3 is 20.0 Å². The largest absolute Gasteiger partial charge is 0.309 e. The van der Waals surface area contributed by atoms with Crippen LogP contribution in [0.4, 0.5) is 5.82 Å². The van der Waals surface area contributed by atoms with Crippen molar-refractivity contribution in [2.75, 3.05) is 64.7 Å². The van der Waals surface area contributed by atoms with Crippen LogP contribution in [0.5, 0.6) is 0 Å². The molecule has 7 nitrogen and oxygen atoms in total. The average Bonchev–Trinajstić information content (AvgIpc) is 3.71. The summed E-state index contributed by atoms with van der Waals surface area (Å²) >= 11 is 1.74. The lowest BCUT2D eigenvalue weighted by atomic mass is 10.1. The molecule has 0 atom stereocenters. The van der Waals surface area contributed by atoms with E-state index in [2.05, 4.69) is 66.9 Å². The molecule has 3 aromatic rings. The van der Waals surface area contributed by atoms with E-state index in [1.807, 2.05) is 12.1 Å². The second kappa shape index (κ2) is 36.1. The van der Waals surface area contributed by atoms with E-state index in [0.29, 0.717) is 12.2 Å². The third-order valence-corrected chi connectivity index (χ3v) is 14.2. The standard InChI is InChI=1S/C54H96N6OS/c1-6-10-12-14-16-18-20-22-24-26-32-43-59(9-4)46-35-41-58(5)42-36-47-60(44-33-27-25-23-21-19-17-15-13-11-7-2)45-34-28-29-40-50(61)56-54-52-53(62-51(57-52)37-8-3)48-38-30-31-39-49(48)55-54/h30-31,38-39H,6-29,32-37,40-47H2,1-5H3,(H,55,56,61). The van der Waals surface area contributed by atoms with E-state index in [-0.39, 0.29) is 5.91 Å². The van der Waals surface area contributed by atoms with Crippen LogP contribution >= 0.6 is 11.3 Å². The van der Waals surface area contributed by atoms with Gasteiger partial charge in [0.05, 0.1) is 15.2 Å². The molecular formula is C54H96N6OS. The lowest BCUT2D eigenvalue weighted by molar-refractivity contribution is -0.116. The third kappa shape index (κ3) is 24.2. The normalized spacial score (nSPS) is 12.0. The van der Waals surface area contributed by atoms with Gasteiger partial charge in [0.2, 0.25) is 5.91 Å². The van der Waals surface area contributed by atoms with Crippen LogP contribution in [0.2, 0.25) is 0 Å². The zero-order valence-electron chi connectivity index (χ0n) is 41.2. The van der Waals surface area contributed by atoms with Crippen molar-refractivity contribution in [1.29, 1.82) is 0 Å². The van der Waals surface area contributed by atoms with Crippen molar-refractivity contribution in [1.82, 2.24) is 24.7 Å². The van der Waals surface area contributed by atoms with Gasteiger partial charge in [-0.15, -0.1) is 11.3 Å². The van der Waals surface area contributed by atoms with E-state index in [9.17, 15) is 4.79 Å². The number of fused-ring (bicyclic) bond motifs is 3. The molecule has 0 bridgehead atoms. The number of pyridine rings is 1. The van der Waals surface area contributed by atoms with Gasteiger partial charge in [-0.05, 0) is 117 Å². The maximum Gasteiger partial charge on any atom is 0.225 e. The van der Waals surface area contributed by atoms with Crippen LogP contribution < -0.4 is 5.32 Å². The van der Waals surface area contributed by atoms with Crippen molar-refractivity contribution in [2.24, 2.45) is 0 Å². The fraction of sp³-hybridized carbons (Fsp3) is 0.796. The Bertz CT molecular complexity index is 1530.